The van der Waals surface area contributed by atoms with Gasteiger partial charge < -0.3 is 4.74 Å². The number of rotatable bonds is 12. The van der Waals surface area contributed by atoms with Crippen LogP contribution in [0.2, 0.25) is 0 Å². The van der Waals surface area contributed by atoms with Crippen LogP contribution in [0.3, 0.4) is 0 Å². The number of allylic oxidation sites excluding steroid dienone is 2. The summed E-state index contributed by atoms with van der Waals surface area (Å²) in [6, 6.07) is 0. The fourth-order valence-electron chi connectivity index (χ4n) is 1.97. The van der Waals surface area contributed by atoms with Gasteiger partial charge in [-0.1, -0.05) is 70.6 Å². The van der Waals surface area contributed by atoms with Gasteiger partial charge in [0, 0.05) is 5.57 Å². The second kappa shape index (κ2) is 13.4. The van der Waals surface area contributed by atoms with Gasteiger partial charge in [0.2, 0.25) is 0 Å². The van der Waals surface area contributed by atoms with Gasteiger partial charge in [-0.3, -0.25) is 0 Å². The Hall–Kier alpha value is -1.05. The minimum Gasteiger partial charge on any atom is -0.466 e. The van der Waals surface area contributed by atoms with Crippen LogP contribution in [0.1, 0.15) is 71.1 Å². The third-order valence-electron chi connectivity index (χ3n) is 3.23. The topological polar surface area (TPSA) is 26.3 Å². The molecule has 0 saturated carbocycles. The molecule has 19 heavy (non-hydrogen) atoms. The van der Waals surface area contributed by atoms with Crippen molar-refractivity contribution in [1.82, 2.24) is 0 Å². The van der Waals surface area contributed by atoms with E-state index in [2.05, 4.69) is 24.3 Å². The number of carbonyl (C=O) groups excluding carboxylic acids is 1. The van der Waals surface area contributed by atoms with Crippen LogP contribution in [0, 0.1) is 0 Å². The fourth-order valence-corrected chi connectivity index (χ4v) is 1.97. The van der Waals surface area contributed by atoms with Gasteiger partial charge in [-0.15, -0.1) is 0 Å². The summed E-state index contributed by atoms with van der Waals surface area (Å²) in [5, 5.41) is 0. The van der Waals surface area contributed by atoms with E-state index in [1.807, 2.05) is 6.08 Å². The molecule has 0 amide bonds. The van der Waals surface area contributed by atoms with Gasteiger partial charge in [0.25, 0.3) is 0 Å². The highest BCUT2D eigenvalue weighted by atomic mass is 16.5. The Bertz CT molecular complexity index is 266. The first-order valence-electron chi connectivity index (χ1n) is 7.63. The summed E-state index contributed by atoms with van der Waals surface area (Å²) in [7, 11) is 1.39. The van der Waals surface area contributed by atoms with Crippen molar-refractivity contribution in [2.45, 2.75) is 71.1 Å². The lowest BCUT2D eigenvalue weighted by molar-refractivity contribution is -0.136. The summed E-state index contributed by atoms with van der Waals surface area (Å²) in [4.78, 5) is 11.1. The summed E-state index contributed by atoms with van der Waals surface area (Å²) in [5.41, 5.74) is 0.523. The lowest BCUT2D eigenvalue weighted by atomic mass is 10.1. The SMILES string of the molecule is C=C(C/C=C/CCCCCCCCCC)C(=O)OC. The number of carbonyl (C=O) groups is 1. The molecule has 0 aliphatic rings. The van der Waals surface area contributed by atoms with Crippen LogP contribution in [0.15, 0.2) is 24.3 Å². The van der Waals surface area contributed by atoms with Crippen molar-refractivity contribution < 1.29 is 9.53 Å². The lowest BCUT2D eigenvalue weighted by Crippen LogP contribution is -2.02. The minimum absolute atomic E-state index is 0.309. The number of hydrogen-bond acceptors (Lipinski definition) is 2. The molecule has 0 rings (SSSR count). The van der Waals surface area contributed by atoms with Crippen LogP contribution in [0.5, 0.6) is 0 Å². The Kier molecular flexibility index (Phi) is 12.6. The van der Waals surface area contributed by atoms with Crippen molar-refractivity contribution in [3.05, 3.63) is 24.3 Å². The van der Waals surface area contributed by atoms with E-state index >= 15 is 0 Å². The molecule has 0 bridgehead atoms. The van der Waals surface area contributed by atoms with Gasteiger partial charge in [-0.05, 0) is 19.3 Å². The maximum atomic E-state index is 11.1. The molecule has 0 spiro atoms. The number of methoxy groups -OCH3 is 1. The molecule has 0 aromatic heterocycles. The van der Waals surface area contributed by atoms with E-state index in [0.717, 1.165) is 6.42 Å². The summed E-state index contributed by atoms with van der Waals surface area (Å²) in [6.07, 6.45) is 16.6. The molecule has 0 radical (unpaired) electrons. The predicted octanol–water partition coefficient (Wildman–Crippen LogP) is 5.19. The standard InChI is InChI=1S/C17H30O2/c1-4-5-6-7-8-9-10-11-12-13-14-15-16(2)17(18)19-3/h13-14H,2,4-12,15H2,1,3H3/b14-13+. The number of esters is 1. The van der Waals surface area contributed by atoms with Crippen molar-refractivity contribution in [1.29, 1.82) is 0 Å². The molecule has 110 valence electrons. The molecule has 0 aromatic carbocycles. The summed E-state index contributed by atoms with van der Waals surface area (Å²) in [5.74, 6) is -0.309. The average Bonchev–Trinajstić information content (AvgIpc) is 2.43. The minimum atomic E-state index is -0.309. The molecule has 0 saturated heterocycles. The molecule has 2 nitrogen and oxygen atoms in total. The van der Waals surface area contributed by atoms with Gasteiger partial charge in [0.15, 0.2) is 0 Å². The zero-order chi connectivity index (χ0) is 14.3. The first-order valence-corrected chi connectivity index (χ1v) is 7.63. The van der Waals surface area contributed by atoms with Gasteiger partial charge >= 0.3 is 5.97 Å². The van der Waals surface area contributed by atoms with Crippen LogP contribution in [-0.4, -0.2) is 13.1 Å². The maximum Gasteiger partial charge on any atom is 0.333 e. The van der Waals surface area contributed by atoms with Crippen molar-refractivity contribution in [2.24, 2.45) is 0 Å². The van der Waals surface area contributed by atoms with Gasteiger partial charge in [-0.25, -0.2) is 4.79 Å². The van der Waals surface area contributed by atoms with Crippen molar-refractivity contribution in [3.63, 3.8) is 0 Å². The molecule has 0 atom stereocenters. The summed E-state index contributed by atoms with van der Waals surface area (Å²) < 4.78 is 4.59. The highest BCUT2D eigenvalue weighted by Gasteiger charge is 2.02. The normalized spacial score (nSPS) is 10.8. The van der Waals surface area contributed by atoms with E-state index in [1.165, 1.54) is 58.5 Å². The molecule has 0 aliphatic heterocycles. The summed E-state index contributed by atoms with van der Waals surface area (Å²) in [6.45, 7) is 5.93. The maximum absolute atomic E-state index is 11.1. The first kappa shape index (κ1) is 17.9. The largest absolute Gasteiger partial charge is 0.466 e. The Balaban J connectivity index is 3.30. The molecular formula is C17H30O2. The number of ether oxygens (including phenoxy) is 1. The van der Waals surface area contributed by atoms with Crippen LogP contribution < -0.4 is 0 Å². The smallest absolute Gasteiger partial charge is 0.333 e. The highest BCUT2D eigenvalue weighted by Crippen LogP contribution is 2.10. The zero-order valence-electron chi connectivity index (χ0n) is 12.7. The molecule has 0 unspecified atom stereocenters. The van der Waals surface area contributed by atoms with E-state index in [0.29, 0.717) is 12.0 Å². The first-order chi connectivity index (χ1) is 9.22. The van der Waals surface area contributed by atoms with E-state index in [9.17, 15) is 4.79 Å². The zero-order valence-corrected chi connectivity index (χ0v) is 12.7. The molecule has 0 heterocycles. The van der Waals surface area contributed by atoms with Crippen molar-refractivity contribution in [3.8, 4) is 0 Å². The number of hydrogen-bond donors (Lipinski definition) is 0. The van der Waals surface area contributed by atoms with E-state index < -0.39 is 0 Å². The Morgan fingerprint density at radius 3 is 2.16 bits per heavy atom. The van der Waals surface area contributed by atoms with Crippen molar-refractivity contribution >= 4 is 5.97 Å². The third kappa shape index (κ3) is 11.8. The third-order valence-corrected chi connectivity index (χ3v) is 3.23. The van der Waals surface area contributed by atoms with Crippen LogP contribution in [0.25, 0.3) is 0 Å². The fraction of sp³-hybridized carbons (Fsp3) is 0.706. The molecule has 0 aromatic rings. The van der Waals surface area contributed by atoms with E-state index in [1.54, 1.807) is 0 Å². The molecule has 2 heteroatoms. The monoisotopic (exact) mass is 266 g/mol. The van der Waals surface area contributed by atoms with Crippen LogP contribution in [0.4, 0.5) is 0 Å². The predicted molar refractivity (Wildman–Crippen MR) is 82.1 cm³/mol. The Labute approximate surface area is 118 Å². The van der Waals surface area contributed by atoms with Crippen molar-refractivity contribution in [2.75, 3.05) is 7.11 Å². The highest BCUT2D eigenvalue weighted by molar-refractivity contribution is 5.87. The quantitative estimate of drug-likeness (QED) is 0.210. The van der Waals surface area contributed by atoms with Crippen LogP contribution >= 0.6 is 0 Å². The van der Waals surface area contributed by atoms with Gasteiger partial charge in [0.05, 0.1) is 7.11 Å². The lowest BCUT2D eigenvalue weighted by Gasteiger charge is -2.00. The molecule has 0 N–H and O–H groups in total. The molecule has 0 aliphatic carbocycles. The van der Waals surface area contributed by atoms with Gasteiger partial charge in [-0.2, -0.15) is 0 Å². The Morgan fingerprint density at radius 1 is 1.00 bits per heavy atom. The second-order valence-electron chi connectivity index (χ2n) is 5.03. The Morgan fingerprint density at radius 2 is 1.58 bits per heavy atom. The van der Waals surface area contributed by atoms with E-state index in [-0.39, 0.29) is 5.97 Å². The number of unbranched alkanes of at least 4 members (excludes halogenated alkanes) is 8. The second-order valence-corrected chi connectivity index (χ2v) is 5.03. The molecule has 0 fully saturated rings. The van der Waals surface area contributed by atoms with Crippen LogP contribution in [-0.2, 0) is 9.53 Å². The van der Waals surface area contributed by atoms with E-state index in [4.69, 9.17) is 0 Å². The van der Waals surface area contributed by atoms with Gasteiger partial charge in [0.1, 0.15) is 0 Å². The molecular weight excluding hydrogens is 236 g/mol. The summed E-state index contributed by atoms with van der Waals surface area (Å²) >= 11 is 0. The average molecular weight is 266 g/mol.